The number of anilines is 1. The molecule has 1 saturated heterocycles. The van der Waals surface area contributed by atoms with Gasteiger partial charge in [-0.3, -0.25) is 14.4 Å². The van der Waals surface area contributed by atoms with Gasteiger partial charge in [-0.25, -0.2) is 0 Å². The molecule has 29 heavy (non-hydrogen) atoms. The highest BCUT2D eigenvalue weighted by Gasteiger charge is 2.23. The molecule has 6 nitrogen and oxygen atoms in total. The summed E-state index contributed by atoms with van der Waals surface area (Å²) in [6.45, 7) is 0.728. The van der Waals surface area contributed by atoms with Crippen molar-refractivity contribution in [1.29, 1.82) is 0 Å². The highest BCUT2D eigenvalue weighted by atomic mass is 35.5. The molecular formula is C22H23ClN2O4. The lowest BCUT2D eigenvalue weighted by Crippen LogP contribution is -2.31. The second kappa shape index (κ2) is 9.56. The van der Waals surface area contributed by atoms with E-state index in [-0.39, 0.29) is 24.7 Å². The predicted molar refractivity (Wildman–Crippen MR) is 111 cm³/mol. The number of carbonyl (C=O) groups is 3. The van der Waals surface area contributed by atoms with E-state index >= 15 is 0 Å². The molecule has 1 heterocycles. The number of halogens is 1. The zero-order valence-corrected chi connectivity index (χ0v) is 16.9. The third kappa shape index (κ3) is 5.35. The Labute approximate surface area is 174 Å². The molecule has 0 aliphatic carbocycles. The van der Waals surface area contributed by atoms with Gasteiger partial charge in [-0.05, 0) is 35.7 Å². The van der Waals surface area contributed by atoms with Crippen LogP contribution in [-0.2, 0) is 25.5 Å². The van der Waals surface area contributed by atoms with E-state index in [9.17, 15) is 14.4 Å². The smallest absolute Gasteiger partial charge is 0.307 e. The van der Waals surface area contributed by atoms with Crippen LogP contribution in [0.5, 0.6) is 0 Å². The molecule has 1 atom stereocenters. The maximum absolute atomic E-state index is 12.6. The minimum atomic E-state index is -0.579. The Balaban J connectivity index is 1.67. The summed E-state index contributed by atoms with van der Waals surface area (Å²) in [6, 6.07) is 13.9. The Morgan fingerprint density at radius 3 is 2.52 bits per heavy atom. The van der Waals surface area contributed by atoms with Crippen LogP contribution < -0.4 is 10.2 Å². The number of nitrogens with zero attached hydrogens (tertiary/aromatic N) is 1. The summed E-state index contributed by atoms with van der Waals surface area (Å²) in [4.78, 5) is 38.0. The molecule has 2 amide bonds. The van der Waals surface area contributed by atoms with Gasteiger partial charge in [0.15, 0.2) is 0 Å². The highest BCUT2D eigenvalue weighted by molar-refractivity contribution is 6.31. The van der Waals surface area contributed by atoms with Gasteiger partial charge in [0.25, 0.3) is 0 Å². The van der Waals surface area contributed by atoms with Gasteiger partial charge in [0, 0.05) is 23.7 Å². The summed E-state index contributed by atoms with van der Waals surface area (Å²) in [6.07, 6.45) is 1.58. The number of esters is 1. The Kier molecular flexibility index (Phi) is 6.88. The fourth-order valence-corrected chi connectivity index (χ4v) is 3.66. The van der Waals surface area contributed by atoms with Crippen molar-refractivity contribution in [2.45, 2.75) is 31.7 Å². The SMILES string of the molecule is COC(=O)CC(NC(=O)Cc1ccc(N2CCCC2=O)cc1)c1ccccc1Cl. The van der Waals surface area contributed by atoms with Gasteiger partial charge < -0.3 is 15.0 Å². The van der Waals surface area contributed by atoms with Gasteiger partial charge in [-0.15, -0.1) is 0 Å². The van der Waals surface area contributed by atoms with Crippen LogP contribution in [0.3, 0.4) is 0 Å². The maximum Gasteiger partial charge on any atom is 0.307 e. The molecule has 7 heteroatoms. The van der Waals surface area contributed by atoms with E-state index in [1.807, 2.05) is 24.3 Å². The van der Waals surface area contributed by atoms with Gasteiger partial charge >= 0.3 is 5.97 Å². The number of ether oxygens (including phenoxy) is 1. The minimum Gasteiger partial charge on any atom is -0.469 e. The Morgan fingerprint density at radius 2 is 1.90 bits per heavy atom. The molecule has 0 radical (unpaired) electrons. The number of hydrogen-bond donors (Lipinski definition) is 1. The van der Waals surface area contributed by atoms with Crippen LogP contribution in [0.25, 0.3) is 0 Å². The predicted octanol–water partition coefficient (Wildman–Crippen LogP) is 3.43. The topological polar surface area (TPSA) is 75.7 Å². The van der Waals surface area contributed by atoms with Crippen LogP contribution in [0.4, 0.5) is 5.69 Å². The maximum atomic E-state index is 12.6. The lowest BCUT2D eigenvalue weighted by molar-refractivity contribution is -0.141. The molecule has 1 aliphatic heterocycles. The number of benzene rings is 2. The molecule has 3 rings (SSSR count). The lowest BCUT2D eigenvalue weighted by atomic mass is 10.0. The van der Waals surface area contributed by atoms with E-state index in [1.165, 1.54) is 7.11 Å². The van der Waals surface area contributed by atoms with Crippen LogP contribution in [0, 0.1) is 0 Å². The molecule has 0 spiro atoms. The summed E-state index contributed by atoms with van der Waals surface area (Å²) < 4.78 is 4.75. The van der Waals surface area contributed by atoms with Gasteiger partial charge in [0.2, 0.25) is 11.8 Å². The summed E-state index contributed by atoms with van der Waals surface area (Å²) >= 11 is 6.25. The largest absolute Gasteiger partial charge is 0.469 e. The third-order valence-corrected chi connectivity index (χ3v) is 5.24. The number of nitrogens with one attached hydrogen (secondary N) is 1. The first-order valence-corrected chi connectivity index (χ1v) is 9.85. The number of amides is 2. The molecule has 152 valence electrons. The summed E-state index contributed by atoms with van der Waals surface area (Å²) in [5, 5.41) is 3.35. The first kappa shape index (κ1) is 20.9. The lowest BCUT2D eigenvalue weighted by Gasteiger charge is -2.20. The zero-order valence-electron chi connectivity index (χ0n) is 16.2. The van der Waals surface area contributed by atoms with Gasteiger partial charge in [0.1, 0.15) is 0 Å². The minimum absolute atomic E-state index is 0.0119. The monoisotopic (exact) mass is 414 g/mol. The van der Waals surface area contributed by atoms with E-state index in [0.717, 1.165) is 24.2 Å². The van der Waals surface area contributed by atoms with E-state index in [0.29, 0.717) is 17.0 Å². The van der Waals surface area contributed by atoms with E-state index in [2.05, 4.69) is 5.32 Å². The van der Waals surface area contributed by atoms with Crippen LogP contribution in [0.1, 0.15) is 36.4 Å². The molecular weight excluding hydrogens is 392 g/mol. The Morgan fingerprint density at radius 1 is 1.17 bits per heavy atom. The molecule has 1 fully saturated rings. The average Bonchev–Trinajstić information content (AvgIpc) is 3.14. The molecule has 0 bridgehead atoms. The molecule has 2 aromatic carbocycles. The van der Waals surface area contributed by atoms with Crippen molar-refractivity contribution in [2.75, 3.05) is 18.6 Å². The molecule has 1 aliphatic rings. The van der Waals surface area contributed by atoms with Gasteiger partial charge in [-0.1, -0.05) is 41.9 Å². The van der Waals surface area contributed by atoms with Crippen molar-refractivity contribution in [3.63, 3.8) is 0 Å². The van der Waals surface area contributed by atoms with Crippen LogP contribution in [0.15, 0.2) is 48.5 Å². The van der Waals surface area contributed by atoms with E-state index in [4.69, 9.17) is 16.3 Å². The molecule has 0 saturated carbocycles. The van der Waals surface area contributed by atoms with Crippen molar-refractivity contribution in [1.82, 2.24) is 5.32 Å². The van der Waals surface area contributed by atoms with E-state index in [1.54, 1.807) is 29.2 Å². The van der Waals surface area contributed by atoms with E-state index < -0.39 is 12.0 Å². The molecule has 1 unspecified atom stereocenters. The van der Waals surface area contributed by atoms with Crippen molar-refractivity contribution < 1.29 is 19.1 Å². The number of carbonyl (C=O) groups excluding carboxylic acids is 3. The molecule has 1 N–H and O–H groups in total. The third-order valence-electron chi connectivity index (χ3n) is 4.90. The quantitative estimate of drug-likeness (QED) is 0.704. The first-order valence-electron chi connectivity index (χ1n) is 9.48. The van der Waals surface area contributed by atoms with Crippen molar-refractivity contribution in [2.24, 2.45) is 0 Å². The van der Waals surface area contributed by atoms with Crippen LogP contribution in [0.2, 0.25) is 5.02 Å². The Hall–Kier alpha value is -2.86. The fourth-order valence-electron chi connectivity index (χ4n) is 3.39. The highest BCUT2D eigenvalue weighted by Crippen LogP contribution is 2.26. The average molecular weight is 415 g/mol. The van der Waals surface area contributed by atoms with Crippen molar-refractivity contribution in [3.05, 3.63) is 64.7 Å². The normalized spacial score (nSPS) is 14.6. The number of hydrogen-bond acceptors (Lipinski definition) is 4. The molecule has 0 aromatic heterocycles. The van der Waals surface area contributed by atoms with Crippen LogP contribution in [-0.4, -0.2) is 31.4 Å². The zero-order chi connectivity index (χ0) is 20.8. The van der Waals surface area contributed by atoms with Crippen LogP contribution >= 0.6 is 11.6 Å². The molecule has 2 aromatic rings. The summed E-state index contributed by atoms with van der Waals surface area (Å²) in [5.74, 6) is -0.542. The summed E-state index contributed by atoms with van der Waals surface area (Å²) in [5.41, 5.74) is 2.32. The summed E-state index contributed by atoms with van der Waals surface area (Å²) in [7, 11) is 1.31. The number of rotatable bonds is 7. The fraction of sp³-hybridized carbons (Fsp3) is 0.318. The first-order chi connectivity index (χ1) is 14.0. The van der Waals surface area contributed by atoms with Gasteiger partial charge in [0.05, 0.1) is 26.0 Å². The second-order valence-corrected chi connectivity index (χ2v) is 7.32. The second-order valence-electron chi connectivity index (χ2n) is 6.91. The van der Waals surface area contributed by atoms with Crippen molar-refractivity contribution in [3.8, 4) is 0 Å². The Bertz CT molecular complexity index is 898. The van der Waals surface area contributed by atoms with Crippen molar-refractivity contribution >= 4 is 35.1 Å². The van der Waals surface area contributed by atoms with Gasteiger partial charge in [-0.2, -0.15) is 0 Å². The standard InChI is InChI=1S/C22H23ClN2O4/c1-29-22(28)14-19(17-5-2-3-6-18(17)23)24-20(26)13-15-8-10-16(11-9-15)25-12-4-7-21(25)27/h2-3,5-6,8-11,19H,4,7,12-14H2,1H3,(H,24,26). The number of methoxy groups -OCH3 is 1.